The summed E-state index contributed by atoms with van der Waals surface area (Å²) in [5.41, 5.74) is 0.928. The van der Waals surface area contributed by atoms with E-state index in [1.54, 1.807) is 6.26 Å². The number of Topliss-reactive ketones (excluding diaryl/α,β-unsaturated/α-hetero) is 1. The maximum Gasteiger partial charge on any atom is 0.158 e. The third kappa shape index (κ3) is 2.13. The lowest BCUT2D eigenvalue weighted by molar-refractivity contribution is -0.115. The van der Waals surface area contributed by atoms with Gasteiger partial charge in [-0.25, -0.2) is 0 Å². The van der Waals surface area contributed by atoms with Crippen LogP contribution in [0.4, 0.5) is 0 Å². The maximum absolute atomic E-state index is 11.6. The van der Waals surface area contributed by atoms with Gasteiger partial charge in [-0.3, -0.25) is 4.79 Å². The van der Waals surface area contributed by atoms with Gasteiger partial charge in [-0.15, -0.1) is 0 Å². The summed E-state index contributed by atoms with van der Waals surface area (Å²) >= 11 is 0. The quantitative estimate of drug-likeness (QED) is 0.503. The molecule has 1 aromatic rings. The van der Waals surface area contributed by atoms with Gasteiger partial charge in [0.15, 0.2) is 5.78 Å². The van der Waals surface area contributed by atoms with Crippen molar-refractivity contribution in [2.45, 2.75) is 32.1 Å². The lowest BCUT2D eigenvalue weighted by Crippen LogP contribution is -1.98. The van der Waals surface area contributed by atoms with Crippen LogP contribution in [-0.4, -0.2) is 5.78 Å². The molecule has 1 saturated carbocycles. The summed E-state index contributed by atoms with van der Waals surface area (Å²) in [5.74, 6) is 1.08. The first-order valence-electron chi connectivity index (χ1n) is 5.13. The van der Waals surface area contributed by atoms with Gasteiger partial charge in [-0.05, 0) is 43.0 Å². The van der Waals surface area contributed by atoms with Crippen LogP contribution in [0.2, 0.25) is 0 Å². The summed E-state index contributed by atoms with van der Waals surface area (Å²) in [4.78, 5) is 11.6. The number of ketones is 1. The lowest BCUT2D eigenvalue weighted by Gasteiger charge is -1.99. The Labute approximate surface area is 83.6 Å². The maximum atomic E-state index is 11.6. The zero-order chi connectivity index (χ0) is 9.80. The molecule has 2 heteroatoms. The zero-order valence-electron chi connectivity index (χ0n) is 8.16. The van der Waals surface area contributed by atoms with Crippen LogP contribution >= 0.6 is 0 Å². The largest absolute Gasteiger partial charge is 0.465 e. The number of carbonyl (C=O) groups excluding carboxylic acids is 1. The fourth-order valence-corrected chi connectivity index (χ4v) is 1.78. The summed E-state index contributed by atoms with van der Waals surface area (Å²) < 4.78 is 5.20. The molecule has 14 heavy (non-hydrogen) atoms. The van der Waals surface area contributed by atoms with Crippen LogP contribution in [0.1, 0.15) is 37.9 Å². The van der Waals surface area contributed by atoms with Gasteiger partial charge in [0.05, 0.1) is 6.26 Å². The van der Waals surface area contributed by atoms with Crippen LogP contribution in [0.15, 0.2) is 28.4 Å². The van der Waals surface area contributed by atoms with Crippen molar-refractivity contribution in [2.75, 3.05) is 0 Å². The number of furan rings is 1. The molecule has 0 aromatic carbocycles. The van der Waals surface area contributed by atoms with E-state index in [2.05, 4.69) is 0 Å². The van der Waals surface area contributed by atoms with Crippen LogP contribution in [0.3, 0.4) is 0 Å². The van der Waals surface area contributed by atoms with E-state index in [9.17, 15) is 4.79 Å². The van der Waals surface area contributed by atoms with Crippen LogP contribution in [0.25, 0.3) is 6.08 Å². The zero-order valence-corrected chi connectivity index (χ0v) is 8.16. The number of rotatable bonds is 1. The predicted octanol–water partition coefficient (Wildman–Crippen LogP) is 3.20. The average molecular weight is 190 g/mol. The minimum Gasteiger partial charge on any atom is -0.465 e. The molecular weight excluding hydrogens is 176 g/mol. The van der Waals surface area contributed by atoms with E-state index < -0.39 is 0 Å². The monoisotopic (exact) mass is 190 g/mol. The van der Waals surface area contributed by atoms with Crippen molar-refractivity contribution in [1.82, 2.24) is 0 Å². The Morgan fingerprint density at radius 3 is 2.86 bits per heavy atom. The number of hydrogen-bond donors (Lipinski definition) is 0. The number of carbonyl (C=O) groups is 1. The second kappa shape index (κ2) is 4.27. The molecule has 1 heterocycles. The molecule has 2 nitrogen and oxygen atoms in total. The molecule has 1 aliphatic carbocycles. The van der Waals surface area contributed by atoms with Crippen LogP contribution in [0.5, 0.6) is 0 Å². The summed E-state index contributed by atoms with van der Waals surface area (Å²) in [6.07, 6.45) is 8.45. The summed E-state index contributed by atoms with van der Waals surface area (Å²) in [5, 5.41) is 0. The van der Waals surface area contributed by atoms with Gasteiger partial charge in [0, 0.05) is 6.42 Å². The van der Waals surface area contributed by atoms with Crippen molar-refractivity contribution < 1.29 is 9.21 Å². The van der Waals surface area contributed by atoms with E-state index in [1.165, 1.54) is 6.42 Å². The van der Waals surface area contributed by atoms with E-state index >= 15 is 0 Å². The SMILES string of the molecule is O=C1CCCCC/C1=C\c1ccco1. The first-order chi connectivity index (χ1) is 6.86. The second-order valence-electron chi connectivity index (χ2n) is 3.67. The Morgan fingerprint density at radius 1 is 1.21 bits per heavy atom. The molecular formula is C12H14O2. The Morgan fingerprint density at radius 2 is 2.07 bits per heavy atom. The molecule has 0 amide bonds. The smallest absolute Gasteiger partial charge is 0.158 e. The molecule has 0 N–H and O–H groups in total. The van der Waals surface area contributed by atoms with Gasteiger partial charge < -0.3 is 4.42 Å². The Balaban J connectivity index is 2.18. The molecule has 1 aliphatic rings. The van der Waals surface area contributed by atoms with Crippen molar-refractivity contribution in [1.29, 1.82) is 0 Å². The van der Waals surface area contributed by atoms with E-state index in [4.69, 9.17) is 4.42 Å². The molecule has 0 atom stereocenters. The van der Waals surface area contributed by atoms with E-state index in [0.29, 0.717) is 12.2 Å². The van der Waals surface area contributed by atoms with Crippen LogP contribution in [0, 0.1) is 0 Å². The van der Waals surface area contributed by atoms with Gasteiger partial charge in [-0.1, -0.05) is 6.42 Å². The third-order valence-electron chi connectivity index (χ3n) is 2.57. The third-order valence-corrected chi connectivity index (χ3v) is 2.57. The highest BCUT2D eigenvalue weighted by Crippen LogP contribution is 2.21. The molecule has 0 radical (unpaired) electrons. The molecule has 0 saturated heterocycles. The number of allylic oxidation sites excluding steroid dienone is 1. The van der Waals surface area contributed by atoms with Crippen molar-refractivity contribution in [2.24, 2.45) is 0 Å². The highest BCUT2D eigenvalue weighted by Gasteiger charge is 2.13. The van der Waals surface area contributed by atoms with E-state index in [0.717, 1.165) is 30.6 Å². The van der Waals surface area contributed by atoms with Crippen molar-refractivity contribution in [3.8, 4) is 0 Å². The highest BCUT2D eigenvalue weighted by molar-refractivity contribution is 5.99. The molecule has 74 valence electrons. The second-order valence-corrected chi connectivity index (χ2v) is 3.67. The van der Waals surface area contributed by atoms with Crippen LogP contribution in [-0.2, 0) is 4.79 Å². The highest BCUT2D eigenvalue weighted by atomic mass is 16.3. The topological polar surface area (TPSA) is 30.2 Å². The first kappa shape index (κ1) is 9.25. The minimum absolute atomic E-state index is 0.291. The summed E-state index contributed by atoms with van der Waals surface area (Å²) in [7, 11) is 0. The van der Waals surface area contributed by atoms with E-state index in [1.807, 2.05) is 18.2 Å². The molecule has 1 fully saturated rings. The Hall–Kier alpha value is -1.31. The molecule has 0 bridgehead atoms. The minimum atomic E-state index is 0.291. The van der Waals surface area contributed by atoms with Crippen molar-refractivity contribution in [3.05, 3.63) is 29.7 Å². The van der Waals surface area contributed by atoms with Crippen LogP contribution < -0.4 is 0 Å². The fourth-order valence-electron chi connectivity index (χ4n) is 1.78. The lowest BCUT2D eigenvalue weighted by atomic mass is 10.1. The number of hydrogen-bond acceptors (Lipinski definition) is 2. The van der Waals surface area contributed by atoms with Crippen molar-refractivity contribution >= 4 is 11.9 Å². The summed E-state index contributed by atoms with van der Waals surface area (Å²) in [6.45, 7) is 0. The average Bonchev–Trinajstić information content (AvgIpc) is 2.60. The molecule has 0 unspecified atom stereocenters. The standard InChI is InChI=1S/C12H14O2/c13-12-7-3-1-2-5-10(12)9-11-6-4-8-14-11/h4,6,8-9H,1-3,5,7H2/b10-9+. The molecule has 0 spiro atoms. The van der Waals surface area contributed by atoms with Gasteiger partial charge in [-0.2, -0.15) is 0 Å². The fraction of sp³-hybridized carbons (Fsp3) is 0.417. The van der Waals surface area contributed by atoms with Gasteiger partial charge in [0.2, 0.25) is 0 Å². The molecule has 2 rings (SSSR count). The normalized spacial score (nSPS) is 21.1. The van der Waals surface area contributed by atoms with Gasteiger partial charge in [0.1, 0.15) is 5.76 Å². The van der Waals surface area contributed by atoms with Gasteiger partial charge >= 0.3 is 0 Å². The van der Waals surface area contributed by atoms with E-state index in [-0.39, 0.29) is 0 Å². The van der Waals surface area contributed by atoms with Crippen molar-refractivity contribution in [3.63, 3.8) is 0 Å². The first-order valence-corrected chi connectivity index (χ1v) is 5.13. The Bertz CT molecular complexity index is 333. The molecule has 1 aromatic heterocycles. The Kier molecular flexibility index (Phi) is 2.82. The summed E-state index contributed by atoms with van der Waals surface area (Å²) in [6, 6.07) is 3.72. The predicted molar refractivity (Wildman–Crippen MR) is 54.8 cm³/mol. The molecule has 0 aliphatic heterocycles. The van der Waals surface area contributed by atoms with Gasteiger partial charge in [0.25, 0.3) is 0 Å².